The van der Waals surface area contributed by atoms with Crippen LogP contribution < -0.4 is 5.32 Å². The molecule has 0 aromatic heterocycles. The van der Waals surface area contributed by atoms with Gasteiger partial charge in [0, 0.05) is 23.2 Å². The minimum absolute atomic E-state index is 0.0931. The van der Waals surface area contributed by atoms with Gasteiger partial charge in [-0.15, -0.1) is 6.58 Å². The third-order valence-electron chi connectivity index (χ3n) is 2.08. The summed E-state index contributed by atoms with van der Waals surface area (Å²) >= 11 is 5.80. The largest absolute Gasteiger partial charge is 0.312 e. The number of nitro groups is 1. The third kappa shape index (κ3) is 3.64. The maximum atomic E-state index is 10.7. The molecule has 1 N–H and O–H groups in total. The van der Waals surface area contributed by atoms with Crippen molar-refractivity contribution in [1.29, 1.82) is 0 Å². The molecule has 0 spiro atoms. The van der Waals surface area contributed by atoms with E-state index >= 15 is 0 Å². The van der Waals surface area contributed by atoms with Gasteiger partial charge >= 0.3 is 0 Å². The molecule has 1 rings (SSSR count). The number of nitrogens with one attached hydrogen (secondary N) is 1. The number of hydrogen-bond donors (Lipinski definition) is 1. The van der Waals surface area contributed by atoms with Gasteiger partial charge in [0.05, 0.1) is 4.92 Å². The van der Waals surface area contributed by atoms with Gasteiger partial charge in [0.2, 0.25) is 0 Å². The van der Waals surface area contributed by atoms with Crippen LogP contribution in [0.3, 0.4) is 0 Å². The van der Waals surface area contributed by atoms with E-state index in [0.29, 0.717) is 17.1 Å². The highest BCUT2D eigenvalue weighted by molar-refractivity contribution is 6.30. The molecule has 0 aliphatic rings. The van der Waals surface area contributed by atoms with Crippen LogP contribution >= 0.6 is 11.6 Å². The van der Waals surface area contributed by atoms with Gasteiger partial charge in [-0.3, -0.25) is 10.1 Å². The van der Waals surface area contributed by atoms with Crippen molar-refractivity contribution < 1.29 is 4.92 Å². The normalized spacial score (nSPS) is 10.1. The summed E-state index contributed by atoms with van der Waals surface area (Å²) in [5.41, 5.74) is 0.692. The molecule has 0 fully saturated rings. The first-order valence-electron chi connectivity index (χ1n) is 4.89. The highest BCUT2D eigenvalue weighted by Crippen LogP contribution is 2.22. The van der Waals surface area contributed by atoms with Gasteiger partial charge in [-0.05, 0) is 25.1 Å². The van der Waals surface area contributed by atoms with Gasteiger partial charge in [0.1, 0.15) is 0 Å². The zero-order valence-corrected chi connectivity index (χ0v) is 9.54. The molecule has 86 valence electrons. The van der Waals surface area contributed by atoms with Crippen LogP contribution in [0, 0.1) is 10.1 Å². The van der Waals surface area contributed by atoms with E-state index in [4.69, 9.17) is 11.6 Å². The lowest BCUT2D eigenvalue weighted by Gasteiger charge is -2.04. The first kappa shape index (κ1) is 12.7. The molecule has 5 heteroatoms. The molecule has 1 aromatic carbocycles. The summed E-state index contributed by atoms with van der Waals surface area (Å²) in [6, 6.07) is 4.56. The first-order chi connectivity index (χ1) is 7.65. The van der Waals surface area contributed by atoms with E-state index in [9.17, 15) is 10.1 Å². The van der Waals surface area contributed by atoms with Crippen molar-refractivity contribution >= 4 is 17.3 Å². The quantitative estimate of drug-likeness (QED) is 0.360. The van der Waals surface area contributed by atoms with Gasteiger partial charge in [-0.25, -0.2) is 0 Å². The number of halogens is 1. The summed E-state index contributed by atoms with van der Waals surface area (Å²) in [7, 11) is 0. The average Bonchev–Trinajstić information content (AvgIpc) is 2.24. The molecule has 0 aliphatic carbocycles. The Balaban J connectivity index is 2.72. The number of hydrogen-bond acceptors (Lipinski definition) is 3. The molecule has 0 radical (unpaired) electrons. The van der Waals surface area contributed by atoms with Crippen LogP contribution in [0.4, 0.5) is 5.69 Å². The molecule has 0 aliphatic heterocycles. The van der Waals surface area contributed by atoms with Crippen LogP contribution in [0.2, 0.25) is 5.02 Å². The molecule has 0 amide bonds. The van der Waals surface area contributed by atoms with Gasteiger partial charge in [-0.1, -0.05) is 17.7 Å². The molecule has 0 saturated heterocycles. The summed E-state index contributed by atoms with van der Waals surface area (Å²) in [6.07, 6.45) is 2.62. The first-order valence-corrected chi connectivity index (χ1v) is 5.27. The van der Waals surface area contributed by atoms with E-state index in [1.54, 1.807) is 12.1 Å². The molecular formula is C11H13ClN2O2. The molecule has 0 unspecified atom stereocenters. The van der Waals surface area contributed by atoms with Crippen molar-refractivity contribution in [1.82, 2.24) is 5.32 Å². The summed E-state index contributed by atoms with van der Waals surface area (Å²) < 4.78 is 0. The topological polar surface area (TPSA) is 55.2 Å². The minimum atomic E-state index is -0.402. The fourth-order valence-electron chi connectivity index (χ4n) is 1.30. The zero-order valence-electron chi connectivity index (χ0n) is 8.78. The van der Waals surface area contributed by atoms with Crippen LogP contribution in [0.1, 0.15) is 12.0 Å². The molecule has 0 saturated carbocycles. The second-order valence-electron chi connectivity index (χ2n) is 3.28. The summed E-state index contributed by atoms with van der Waals surface area (Å²) in [6.45, 7) is 4.77. The van der Waals surface area contributed by atoms with Crippen LogP contribution in [0.5, 0.6) is 0 Å². The Bertz CT molecular complexity index is 394. The smallest absolute Gasteiger partial charge is 0.273 e. The number of nitrogens with zero attached hydrogens (tertiary/aromatic N) is 1. The van der Waals surface area contributed by atoms with E-state index in [1.165, 1.54) is 12.1 Å². The third-order valence-corrected chi connectivity index (χ3v) is 2.31. The fourth-order valence-corrected chi connectivity index (χ4v) is 1.50. The number of benzene rings is 1. The van der Waals surface area contributed by atoms with Crippen LogP contribution in [0.25, 0.3) is 0 Å². The van der Waals surface area contributed by atoms with E-state index in [2.05, 4.69) is 11.9 Å². The standard InChI is InChI=1S/C11H13ClN2O2/c1-2-3-6-13-8-9-7-10(12)4-5-11(9)14(15)16/h2,4-5,7,13H,1,3,6,8H2. The Morgan fingerprint density at radius 1 is 1.56 bits per heavy atom. The Hall–Kier alpha value is -1.39. The molecule has 0 heterocycles. The summed E-state index contributed by atoms with van der Waals surface area (Å²) in [4.78, 5) is 10.3. The van der Waals surface area contributed by atoms with Gasteiger partial charge in [0.15, 0.2) is 0 Å². The number of rotatable bonds is 6. The fraction of sp³-hybridized carbons (Fsp3) is 0.273. The second kappa shape index (κ2) is 6.25. The Labute approximate surface area is 99.1 Å². The van der Waals surface area contributed by atoms with Gasteiger partial charge in [0.25, 0.3) is 5.69 Å². The van der Waals surface area contributed by atoms with Crippen molar-refractivity contribution in [2.24, 2.45) is 0 Å². The monoisotopic (exact) mass is 240 g/mol. The Kier molecular flexibility index (Phi) is 4.95. The lowest BCUT2D eigenvalue weighted by molar-refractivity contribution is -0.385. The van der Waals surface area contributed by atoms with E-state index in [1.807, 2.05) is 0 Å². The predicted molar refractivity (Wildman–Crippen MR) is 64.6 cm³/mol. The minimum Gasteiger partial charge on any atom is -0.312 e. The van der Waals surface area contributed by atoms with Crippen molar-refractivity contribution in [3.05, 3.63) is 51.6 Å². The maximum absolute atomic E-state index is 10.7. The Morgan fingerprint density at radius 2 is 2.31 bits per heavy atom. The van der Waals surface area contributed by atoms with Crippen molar-refractivity contribution in [3.63, 3.8) is 0 Å². The van der Waals surface area contributed by atoms with Crippen LogP contribution in [-0.2, 0) is 6.54 Å². The maximum Gasteiger partial charge on any atom is 0.273 e. The molecule has 4 nitrogen and oxygen atoms in total. The second-order valence-corrected chi connectivity index (χ2v) is 3.72. The van der Waals surface area contributed by atoms with E-state index in [0.717, 1.165) is 13.0 Å². The SMILES string of the molecule is C=CCCNCc1cc(Cl)ccc1[N+](=O)[O-]. The summed E-state index contributed by atoms with van der Waals surface area (Å²) in [5, 5.41) is 14.3. The molecular weight excluding hydrogens is 228 g/mol. The van der Waals surface area contributed by atoms with Gasteiger partial charge < -0.3 is 5.32 Å². The lowest BCUT2D eigenvalue weighted by Crippen LogP contribution is -2.15. The van der Waals surface area contributed by atoms with Crippen LogP contribution in [-0.4, -0.2) is 11.5 Å². The molecule has 0 bridgehead atoms. The number of nitro benzene ring substituents is 1. The Morgan fingerprint density at radius 3 is 2.94 bits per heavy atom. The zero-order chi connectivity index (χ0) is 12.0. The molecule has 0 atom stereocenters. The van der Waals surface area contributed by atoms with Crippen molar-refractivity contribution in [3.8, 4) is 0 Å². The molecule has 1 aromatic rings. The predicted octanol–water partition coefficient (Wildman–Crippen LogP) is 2.91. The van der Waals surface area contributed by atoms with Crippen molar-refractivity contribution in [2.75, 3.05) is 6.54 Å². The molecule has 16 heavy (non-hydrogen) atoms. The van der Waals surface area contributed by atoms with Crippen molar-refractivity contribution in [2.45, 2.75) is 13.0 Å². The average molecular weight is 241 g/mol. The lowest BCUT2D eigenvalue weighted by atomic mass is 10.2. The highest BCUT2D eigenvalue weighted by atomic mass is 35.5. The van der Waals surface area contributed by atoms with E-state index in [-0.39, 0.29) is 5.69 Å². The van der Waals surface area contributed by atoms with Gasteiger partial charge in [-0.2, -0.15) is 0 Å². The van der Waals surface area contributed by atoms with E-state index < -0.39 is 4.92 Å². The summed E-state index contributed by atoms with van der Waals surface area (Å²) in [5.74, 6) is 0. The highest BCUT2D eigenvalue weighted by Gasteiger charge is 2.12. The van der Waals surface area contributed by atoms with Crippen LogP contribution in [0.15, 0.2) is 30.9 Å².